The fraction of sp³-hybridized carbons (Fsp3) is 0.286. The molecule has 0 saturated carbocycles. The molecule has 0 spiro atoms. The van der Waals surface area contributed by atoms with Crippen molar-refractivity contribution in [2.24, 2.45) is 0 Å². The lowest BCUT2D eigenvalue weighted by Gasteiger charge is -2.12. The SMILES string of the molecule is CCC(O)c1cccc2ccc(OC)cc12. The Morgan fingerprint density at radius 3 is 2.75 bits per heavy atom. The van der Waals surface area contributed by atoms with E-state index in [9.17, 15) is 5.11 Å². The van der Waals surface area contributed by atoms with Crippen LogP contribution in [-0.4, -0.2) is 12.2 Å². The van der Waals surface area contributed by atoms with E-state index >= 15 is 0 Å². The molecule has 2 nitrogen and oxygen atoms in total. The number of ether oxygens (including phenoxy) is 1. The highest BCUT2D eigenvalue weighted by atomic mass is 16.5. The summed E-state index contributed by atoms with van der Waals surface area (Å²) in [7, 11) is 1.65. The maximum absolute atomic E-state index is 9.95. The molecule has 0 aliphatic heterocycles. The van der Waals surface area contributed by atoms with Gasteiger partial charge < -0.3 is 9.84 Å². The third kappa shape index (κ3) is 1.89. The molecule has 2 aromatic rings. The molecule has 1 N–H and O–H groups in total. The van der Waals surface area contributed by atoms with Gasteiger partial charge in [0.2, 0.25) is 0 Å². The Kier molecular flexibility index (Phi) is 3.11. The van der Waals surface area contributed by atoms with Crippen molar-refractivity contribution >= 4 is 10.8 Å². The van der Waals surface area contributed by atoms with Crippen molar-refractivity contribution in [3.63, 3.8) is 0 Å². The second-order valence-electron chi connectivity index (χ2n) is 3.86. The van der Waals surface area contributed by atoms with Gasteiger partial charge in [-0.25, -0.2) is 0 Å². The number of methoxy groups -OCH3 is 1. The van der Waals surface area contributed by atoms with Gasteiger partial charge in [-0.15, -0.1) is 0 Å². The lowest BCUT2D eigenvalue weighted by molar-refractivity contribution is 0.175. The average Bonchev–Trinajstić information content (AvgIpc) is 2.36. The van der Waals surface area contributed by atoms with Gasteiger partial charge in [0.25, 0.3) is 0 Å². The first-order valence-electron chi connectivity index (χ1n) is 5.51. The van der Waals surface area contributed by atoms with Crippen LogP contribution in [0.25, 0.3) is 10.8 Å². The highest BCUT2D eigenvalue weighted by Crippen LogP contribution is 2.28. The third-order valence-corrected chi connectivity index (χ3v) is 2.87. The summed E-state index contributed by atoms with van der Waals surface area (Å²) in [6.07, 6.45) is 0.312. The molecule has 0 saturated heterocycles. The van der Waals surface area contributed by atoms with Gasteiger partial charge in [-0.05, 0) is 34.9 Å². The van der Waals surface area contributed by atoms with E-state index in [-0.39, 0.29) is 0 Å². The number of fused-ring (bicyclic) bond motifs is 1. The van der Waals surface area contributed by atoms with Crippen molar-refractivity contribution < 1.29 is 9.84 Å². The zero-order chi connectivity index (χ0) is 11.5. The summed E-state index contributed by atoms with van der Waals surface area (Å²) in [4.78, 5) is 0. The lowest BCUT2D eigenvalue weighted by atomic mass is 9.99. The van der Waals surface area contributed by atoms with E-state index in [1.54, 1.807) is 7.11 Å². The molecule has 84 valence electrons. The van der Waals surface area contributed by atoms with Crippen molar-refractivity contribution in [2.75, 3.05) is 7.11 Å². The zero-order valence-electron chi connectivity index (χ0n) is 9.60. The van der Waals surface area contributed by atoms with Gasteiger partial charge in [-0.2, -0.15) is 0 Å². The first-order valence-corrected chi connectivity index (χ1v) is 5.51. The highest BCUT2D eigenvalue weighted by molar-refractivity contribution is 5.87. The van der Waals surface area contributed by atoms with Crippen molar-refractivity contribution in [1.29, 1.82) is 0 Å². The Labute approximate surface area is 95.5 Å². The molecule has 1 unspecified atom stereocenters. The van der Waals surface area contributed by atoms with Gasteiger partial charge in [-0.3, -0.25) is 0 Å². The van der Waals surface area contributed by atoms with Gasteiger partial charge in [0.15, 0.2) is 0 Å². The zero-order valence-corrected chi connectivity index (χ0v) is 9.60. The average molecular weight is 216 g/mol. The third-order valence-electron chi connectivity index (χ3n) is 2.87. The largest absolute Gasteiger partial charge is 0.497 e. The Hall–Kier alpha value is -1.54. The van der Waals surface area contributed by atoms with Crippen LogP contribution in [-0.2, 0) is 0 Å². The molecule has 0 aromatic heterocycles. The van der Waals surface area contributed by atoms with E-state index in [1.807, 2.05) is 43.3 Å². The smallest absolute Gasteiger partial charge is 0.119 e. The first-order chi connectivity index (χ1) is 7.76. The van der Waals surface area contributed by atoms with Crippen molar-refractivity contribution in [3.8, 4) is 5.75 Å². The summed E-state index contributed by atoms with van der Waals surface area (Å²) in [5.41, 5.74) is 0.971. The minimum Gasteiger partial charge on any atom is -0.497 e. The van der Waals surface area contributed by atoms with Gasteiger partial charge in [0, 0.05) is 0 Å². The van der Waals surface area contributed by atoms with Crippen molar-refractivity contribution in [1.82, 2.24) is 0 Å². The molecule has 16 heavy (non-hydrogen) atoms. The number of hydrogen-bond acceptors (Lipinski definition) is 2. The number of aliphatic hydroxyl groups excluding tert-OH is 1. The van der Waals surface area contributed by atoms with E-state index < -0.39 is 6.10 Å². The Morgan fingerprint density at radius 1 is 1.25 bits per heavy atom. The molecule has 0 aliphatic rings. The van der Waals surface area contributed by atoms with E-state index in [0.717, 1.165) is 28.5 Å². The monoisotopic (exact) mass is 216 g/mol. The Bertz CT molecular complexity index is 491. The van der Waals surface area contributed by atoms with Crippen LogP contribution in [0.15, 0.2) is 36.4 Å². The van der Waals surface area contributed by atoms with Crippen molar-refractivity contribution in [2.45, 2.75) is 19.4 Å². The second-order valence-corrected chi connectivity index (χ2v) is 3.86. The van der Waals surface area contributed by atoms with Gasteiger partial charge in [-0.1, -0.05) is 31.2 Å². The molecule has 0 radical (unpaired) electrons. The van der Waals surface area contributed by atoms with E-state index in [1.165, 1.54) is 0 Å². The fourth-order valence-electron chi connectivity index (χ4n) is 1.91. The van der Waals surface area contributed by atoms with Gasteiger partial charge >= 0.3 is 0 Å². The van der Waals surface area contributed by atoms with Crippen LogP contribution < -0.4 is 4.74 Å². The predicted octanol–water partition coefficient (Wildman–Crippen LogP) is 3.29. The minimum atomic E-state index is -0.407. The lowest BCUT2D eigenvalue weighted by Crippen LogP contribution is -1.96. The molecule has 2 aromatic carbocycles. The molecule has 0 aliphatic carbocycles. The van der Waals surface area contributed by atoms with Crippen LogP contribution in [0.2, 0.25) is 0 Å². The molecule has 0 fully saturated rings. The van der Waals surface area contributed by atoms with Crippen LogP contribution in [0.4, 0.5) is 0 Å². The topological polar surface area (TPSA) is 29.5 Å². The quantitative estimate of drug-likeness (QED) is 0.853. The highest BCUT2D eigenvalue weighted by Gasteiger charge is 2.09. The summed E-state index contributed by atoms with van der Waals surface area (Å²) >= 11 is 0. The summed E-state index contributed by atoms with van der Waals surface area (Å²) in [5, 5.41) is 12.1. The first kappa shape index (κ1) is 11.0. The van der Waals surface area contributed by atoms with Crippen molar-refractivity contribution in [3.05, 3.63) is 42.0 Å². The molecule has 1 atom stereocenters. The summed E-state index contributed by atoms with van der Waals surface area (Å²) in [6, 6.07) is 11.9. The Balaban J connectivity index is 2.64. The summed E-state index contributed by atoms with van der Waals surface area (Å²) < 4.78 is 5.21. The van der Waals surface area contributed by atoms with Gasteiger partial charge in [0.1, 0.15) is 5.75 Å². The normalized spacial score (nSPS) is 12.7. The second kappa shape index (κ2) is 4.54. The molecule has 2 rings (SSSR count). The standard InChI is InChI=1S/C14H16O2/c1-3-14(15)12-6-4-5-10-7-8-11(16-2)9-13(10)12/h4-9,14-15H,3H2,1-2H3. The molecule has 0 heterocycles. The molecule has 2 heteroatoms. The van der Waals surface area contributed by atoms with Crippen LogP contribution in [0.1, 0.15) is 25.0 Å². The Morgan fingerprint density at radius 2 is 2.06 bits per heavy atom. The summed E-state index contributed by atoms with van der Waals surface area (Å²) in [6.45, 7) is 1.98. The van der Waals surface area contributed by atoms with Crippen LogP contribution in [0.5, 0.6) is 5.75 Å². The van der Waals surface area contributed by atoms with Crippen LogP contribution in [0.3, 0.4) is 0 Å². The predicted molar refractivity (Wildman–Crippen MR) is 65.8 cm³/mol. The summed E-state index contributed by atoms with van der Waals surface area (Å²) in [5.74, 6) is 0.822. The molecular weight excluding hydrogens is 200 g/mol. The number of benzene rings is 2. The number of hydrogen-bond donors (Lipinski definition) is 1. The number of rotatable bonds is 3. The fourth-order valence-corrected chi connectivity index (χ4v) is 1.91. The molecular formula is C14H16O2. The van der Waals surface area contributed by atoms with Gasteiger partial charge in [0.05, 0.1) is 13.2 Å². The molecule has 0 bridgehead atoms. The minimum absolute atomic E-state index is 0.407. The van der Waals surface area contributed by atoms with Crippen LogP contribution in [0, 0.1) is 0 Å². The maximum atomic E-state index is 9.95. The van der Waals surface area contributed by atoms with E-state index in [4.69, 9.17) is 4.74 Å². The van der Waals surface area contributed by atoms with Crippen LogP contribution >= 0.6 is 0 Å². The van der Waals surface area contributed by atoms with E-state index in [0.29, 0.717) is 0 Å². The number of aliphatic hydroxyl groups is 1. The van der Waals surface area contributed by atoms with E-state index in [2.05, 4.69) is 0 Å². The maximum Gasteiger partial charge on any atom is 0.119 e. The molecule has 0 amide bonds.